The highest BCUT2D eigenvalue weighted by atomic mass is 15.2. The van der Waals surface area contributed by atoms with Gasteiger partial charge in [-0.3, -0.25) is 5.84 Å². The maximum Gasteiger partial charge on any atom is 0.0214 e. The van der Waals surface area contributed by atoms with Crippen LogP contribution in [0.15, 0.2) is 11.3 Å². The third kappa shape index (κ3) is 2.23. The van der Waals surface area contributed by atoms with Crippen LogP contribution < -0.4 is 11.3 Å². The number of hydrogen-bond acceptors (Lipinski definition) is 2. The highest BCUT2D eigenvalue weighted by Crippen LogP contribution is 1.93. The molecular formula is C5H12N2. The molecule has 0 saturated heterocycles. The first-order valence-corrected chi connectivity index (χ1v) is 2.29. The Balaban J connectivity index is 3.72. The topological polar surface area (TPSA) is 38.0 Å². The minimum Gasteiger partial charge on any atom is -0.329 e. The lowest BCUT2D eigenvalue weighted by Gasteiger charge is -1.98. The minimum atomic E-state index is 1.04. The van der Waals surface area contributed by atoms with Crippen LogP contribution in [0.5, 0.6) is 0 Å². The normalized spacial score (nSPS) is 8.00. The van der Waals surface area contributed by atoms with E-state index in [1.54, 1.807) is 0 Å². The molecule has 7 heavy (non-hydrogen) atoms. The SMILES string of the molecule is CC(C)=C(C)NN. The van der Waals surface area contributed by atoms with Crippen molar-refractivity contribution in [2.24, 2.45) is 5.84 Å². The van der Waals surface area contributed by atoms with Gasteiger partial charge in [-0.1, -0.05) is 5.57 Å². The summed E-state index contributed by atoms with van der Waals surface area (Å²) in [5, 5.41) is 0. The molecule has 0 radical (unpaired) electrons. The van der Waals surface area contributed by atoms with Gasteiger partial charge in [-0.25, -0.2) is 0 Å². The van der Waals surface area contributed by atoms with Crippen molar-refractivity contribution in [3.05, 3.63) is 11.3 Å². The molecular weight excluding hydrogens is 88.1 g/mol. The molecule has 0 aliphatic rings. The van der Waals surface area contributed by atoms with Crippen molar-refractivity contribution in [1.82, 2.24) is 5.43 Å². The summed E-state index contributed by atoms with van der Waals surface area (Å²) >= 11 is 0. The molecule has 0 heterocycles. The summed E-state index contributed by atoms with van der Waals surface area (Å²) < 4.78 is 0. The van der Waals surface area contributed by atoms with Crippen LogP contribution in [0.3, 0.4) is 0 Å². The summed E-state index contributed by atoms with van der Waals surface area (Å²) in [6.45, 7) is 5.96. The third-order valence-corrected chi connectivity index (χ3v) is 0.967. The van der Waals surface area contributed by atoms with Gasteiger partial charge in [0.25, 0.3) is 0 Å². The van der Waals surface area contributed by atoms with Gasteiger partial charge in [0.2, 0.25) is 0 Å². The van der Waals surface area contributed by atoms with Crippen LogP contribution in [-0.2, 0) is 0 Å². The van der Waals surface area contributed by atoms with Crippen molar-refractivity contribution >= 4 is 0 Å². The lowest BCUT2D eigenvalue weighted by molar-refractivity contribution is 0.865. The highest BCUT2D eigenvalue weighted by Gasteiger charge is 1.81. The van der Waals surface area contributed by atoms with Crippen LogP contribution >= 0.6 is 0 Å². The molecule has 0 aromatic carbocycles. The van der Waals surface area contributed by atoms with Crippen molar-refractivity contribution in [3.8, 4) is 0 Å². The fraction of sp³-hybridized carbons (Fsp3) is 0.600. The van der Waals surface area contributed by atoms with Gasteiger partial charge < -0.3 is 5.43 Å². The minimum absolute atomic E-state index is 1.04. The monoisotopic (exact) mass is 100 g/mol. The van der Waals surface area contributed by atoms with Gasteiger partial charge in [-0.05, 0) is 20.8 Å². The Bertz CT molecular complexity index is 80.1. The average molecular weight is 100 g/mol. The van der Waals surface area contributed by atoms with Gasteiger partial charge in [0, 0.05) is 5.70 Å². The molecule has 2 nitrogen and oxygen atoms in total. The lowest BCUT2D eigenvalue weighted by atomic mass is 10.3. The second-order valence-electron chi connectivity index (χ2n) is 1.77. The fourth-order valence-corrected chi connectivity index (χ4v) is 0.144. The summed E-state index contributed by atoms with van der Waals surface area (Å²) in [6, 6.07) is 0. The molecule has 0 atom stereocenters. The summed E-state index contributed by atoms with van der Waals surface area (Å²) in [5.41, 5.74) is 4.81. The first-order chi connectivity index (χ1) is 3.18. The van der Waals surface area contributed by atoms with Crippen molar-refractivity contribution in [2.75, 3.05) is 0 Å². The van der Waals surface area contributed by atoms with E-state index in [2.05, 4.69) is 5.43 Å². The van der Waals surface area contributed by atoms with Gasteiger partial charge >= 0.3 is 0 Å². The van der Waals surface area contributed by atoms with Crippen molar-refractivity contribution in [3.63, 3.8) is 0 Å². The van der Waals surface area contributed by atoms with Crippen LogP contribution in [-0.4, -0.2) is 0 Å². The Kier molecular flexibility index (Phi) is 2.45. The molecule has 0 bridgehead atoms. The van der Waals surface area contributed by atoms with E-state index in [9.17, 15) is 0 Å². The predicted octanol–water partition coefficient (Wildman–Crippen LogP) is 0.764. The third-order valence-electron chi connectivity index (χ3n) is 0.967. The maximum absolute atomic E-state index is 5.07. The second-order valence-corrected chi connectivity index (χ2v) is 1.77. The van der Waals surface area contributed by atoms with Crippen LogP contribution in [0.25, 0.3) is 0 Å². The van der Waals surface area contributed by atoms with Crippen molar-refractivity contribution in [2.45, 2.75) is 20.8 Å². The molecule has 0 spiro atoms. The zero-order valence-electron chi connectivity index (χ0n) is 5.08. The molecule has 0 aromatic rings. The van der Waals surface area contributed by atoms with E-state index in [1.165, 1.54) is 5.57 Å². The van der Waals surface area contributed by atoms with Crippen molar-refractivity contribution < 1.29 is 0 Å². The summed E-state index contributed by atoms with van der Waals surface area (Å²) in [6.07, 6.45) is 0. The molecule has 0 saturated carbocycles. The Morgan fingerprint density at radius 3 is 1.71 bits per heavy atom. The average Bonchev–Trinajstić information content (AvgIpc) is 1.65. The Hall–Kier alpha value is -0.500. The summed E-state index contributed by atoms with van der Waals surface area (Å²) in [5.74, 6) is 5.07. The van der Waals surface area contributed by atoms with E-state index in [-0.39, 0.29) is 0 Å². The molecule has 42 valence electrons. The van der Waals surface area contributed by atoms with Gasteiger partial charge in [-0.15, -0.1) is 0 Å². The first-order valence-electron chi connectivity index (χ1n) is 2.29. The van der Waals surface area contributed by atoms with E-state index in [4.69, 9.17) is 5.84 Å². The number of hydrogen-bond donors (Lipinski definition) is 2. The van der Waals surface area contributed by atoms with E-state index < -0.39 is 0 Å². The molecule has 2 heteroatoms. The van der Waals surface area contributed by atoms with E-state index in [1.807, 2.05) is 20.8 Å². The van der Waals surface area contributed by atoms with Crippen LogP contribution in [0.2, 0.25) is 0 Å². The molecule has 0 rings (SSSR count). The predicted molar refractivity (Wildman–Crippen MR) is 31.4 cm³/mol. The van der Waals surface area contributed by atoms with Gasteiger partial charge in [-0.2, -0.15) is 0 Å². The number of nitrogens with two attached hydrogens (primary N) is 1. The Morgan fingerprint density at radius 2 is 1.71 bits per heavy atom. The Labute approximate surface area is 44.4 Å². The molecule has 0 fully saturated rings. The quantitative estimate of drug-likeness (QED) is 0.377. The van der Waals surface area contributed by atoms with Crippen molar-refractivity contribution in [1.29, 1.82) is 0 Å². The largest absolute Gasteiger partial charge is 0.329 e. The molecule has 0 aromatic heterocycles. The molecule has 0 aliphatic carbocycles. The van der Waals surface area contributed by atoms with E-state index in [0.717, 1.165) is 5.70 Å². The lowest BCUT2D eigenvalue weighted by Crippen LogP contribution is -2.19. The van der Waals surface area contributed by atoms with E-state index >= 15 is 0 Å². The second kappa shape index (κ2) is 2.64. The van der Waals surface area contributed by atoms with Gasteiger partial charge in [0.05, 0.1) is 0 Å². The summed E-state index contributed by atoms with van der Waals surface area (Å²) in [4.78, 5) is 0. The van der Waals surface area contributed by atoms with Gasteiger partial charge in [0.1, 0.15) is 0 Å². The smallest absolute Gasteiger partial charge is 0.0214 e. The van der Waals surface area contributed by atoms with E-state index in [0.29, 0.717) is 0 Å². The number of rotatable bonds is 1. The molecule has 3 N–H and O–H groups in total. The van der Waals surface area contributed by atoms with Crippen LogP contribution in [0.1, 0.15) is 20.8 Å². The standard InChI is InChI=1S/C5H12N2/c1-4(2)5(3)7-6/h7H,6H2,1-3H3. The summed E-state index contributed by atoms with van der Waals surface area (Å²) in [7, 11) is 0. The van der Waals surface area contributed by atoms with Crippen LogP contribution in [0.4, 0.5) is 0 Å². The number of nitrogens with one attached hydrogen (secondary N) is 1. The Morgan fingerprint density at radius 1 is 1.29 bits per heavy atom. The zero-order valence-corrected chi connectivity index (χ0v) is 5.08. The maximum atomic E-state index is 5.07. The fourth-order valence-electron chi connectivity index (χ4n) is 0.144. The molecule has 0 amide bonds. The highest BCUT2D eigenvalue weighted by molar-refractivity contribution is 5.02. The number of allylic oxidation sites excluding steroid dienone is 2. The van der Waals surface area contributed by atoms with Crippen LogP contribution in [0, 0.1) is 0 Å². The first kappa shape index (κ1) is 6.50. The number of hydrazine groups is 1. The van der Waals surface area contributed by atoms with Gasteiger partial charge in [0.15, 0.2) is 0 Å². The molecule has 0 unspecified atom stereocenters. The molecule has 0 aliphatic heterocycles. The zero-order chi connectivity index (χ0) is 5.86.